The summed E-state index contributed by atoms with van der Waals surface area (Å²) in [6, 6.07) is 2.40. The molecule has 0 spiro atoms. The average molecular weight is 362 g/mol. The largest absolute Gasteiger partial charge is 0.276 e. The molecule has 0 aliphatic heterocycles. The number of rotatable bonds is 5. The topological polar surface area (TPSA) is 55.9 Å². The summed E-state index contributed by atoms with van der Waals surface area (Å²) in [4.78, 5) is 0. The van der Waals surface area contributed by atoms with E-state index in [-0.39, 0.29) is 6.04 Å². The van der Waals surface area contributed by atoms with Crippen LogP contribution in [0.2, 0.25) is 0 Å². The fourth-order valence-corrected chi connectivity index (χ4v) is 3.19. The smallest absolute Gasteiger partial charge is 0.0656 e. The molecule has 2 rings (SSSR count). The number of nitrogens with two attached hydrogens (primary N) is 1. The normalized spacial score (nSPS) is 12.9. The lowest BCUT2D eigenvalue weighted by Crippen LogP contribution is -2.28. The number of halogens is 1. The maximum atomic E-state index is 5.61. The molecule has 2 aromatic heterocycles. The van der Waals surface area contributed by atoms with E-state index in [0.29, 0.717) is 0 Å². The van der Waals surface area contributed by atoms with Crippen LogP contribution in [0.3, 0.4) is 0 Å². The van der Waals surface area contributed by atoms with Crippen LogP contribution >= 0.6 is 33.9 Å². The summed E-state index contributed by atoms with van der Waals surface area (Å²) < 4.78 is 3.12. The molecule has 0 aliphatic rings. The Kier molecular flexibility index (Phi) is 4.55. The van der Waals surface area contributed by atoms with Gasteiger partial charge in [-0.05, 0) is 58.0 Å². The summed E-state index contributed by atoms with van der Waals surface area (Å²) in [5, 5.41) is 6.33. The lowest BCUT2D eigenvalue weighted by atomic mass is 10.0. The minimum Gasteiger partial charge on any atom is -0.276 e. The predicted octanol–water partition coefficient (Wildman–Crippen LogP) is 2.22. The molecule has 0 fully saturated rings. The fourth-order valence-electron chi connectivity index (χ4n) is 1.76. The number of nitrogens with one attached hydrogen (secondary N) is 1. The molecule has 0 aromatic carbocycles. The van der Waals surface area contributed by atoms with Crippen molar-refractivity contribution in [1.82, 2.24) is 15.2 Å². The van der Waals surface area contributed by atoms with Gasteiger partial charge in [-0.3, -0.25) is 16.0 Å². The number of hydrogen-bond donors (Lipinski definition) is 2. The van der Waals surface area contributed by atoms with Gasteiger partial charge in [-0.25, -0.2) is 0 Å². The highest BCUT2D eigenvalue weighted by molar-refractivity contribution is 14.1. The first-order valence-electron chi connectivity index (χ1n) is 5.36. The summed E-state index contributed by atoms with van der Waals surface area (Å²) >= 11 is 4.08. The Morgan fingerprint density at radius 1 is 1.65 bits per heavy atom. The molecule has 0 bridgehead atoms. The Bertz CT molecular complexity index is 479. The van der Waals surface area contributed by atoms with Crippen molar-refractivity contribution in [1.29, 1.82) is 0 Å². The van der Waals surface area contributed by atoms with Gasteiger partial charge in [0.25, 0.3) is 0 Å². The molecule has 0 saturated heterocycles. The maximum absolute atomic E-state index is 5.61. The Morgan fingerprint density at radius 3 is 3.00 bits per heavy atom. The molecule has 17 heavy (non-hydrogen) atoms. The van der Waals surface area contributed by atoms with Crippen LogP contribution in [0.4, 0.5) is 0 Å². The molecular weight excluding hydrogens is 347 g/mol. The molecule has 1 atom stereocenters. The second kappa shape index (κ2) is 5.94. The van der Waals surface area contributed by atoms with Crippen LogP contribution in [0.15, 0.2) is 23.8 Å². The van der Waals surface area contributed by atoms with Crippen LogP contribution in [0.5, 0.6) is 0 Å². The van der Waals surface area contributed by atoms with E-state index in [9.17, 15) is 0 Å². The molecule has 0 saturated carbocycles. The zero-order chi connectivity index (χ0) is 12.3. The first kappa shape index (κ1) is 13.0. The lowest BCUT2D eigenvalue weighted by Gasteiger charge is -2.13. The number of aryl methyl sites for hydroxylation is 2. The van der Waals surface area contributed by atoms with E-state index in [2.05, 4.69) is 44.6 Å². The van der Waals surface area contributed by atoms with Crippen LogP contribution in [0, 0.1) is 2.88 Å². The van der Waals surface area contributed by atoms with Crippen molar-refractivity contribution < 1.29 is 0 Å². The van der Waals surface area contributed by atoms with Gasteiger partial charge >= 0.3 is 0 Å². The molecular formula is C11H15IN4S. The van der Waals surface area contributed by atoms with Crippen LogP contribution in [0.25, 0.3) is 0 Å². The maximum Gasteiger partial charge on any atom is 0.0656 e. The first-order chi connectivity index (χ1) is 8.19. The van der Waals surface area contributed by atoms with Gasteiger partial charge in [-0.15, -0.1) is 11.3 Å². The SMILES string of the molecule is Cn1cc(CCC(NN)c2csc(I)c2)cn1. The van der Waals surface area contributed by atoms with Gasteiger partial charge in [-0.1, -0.05) is 0 Å². The summed E-state index contributed by atoms with van der Waals surface area (Å²) in [6.45, 7) is 0. The second-order valence-corrected chi connectivity index (χ2v) is 6.77. The van der Waals surface area contributed by atoms with Gasteiger partial charge in [0.05, 0.1) is 9.08 Å². The van der Waals surface area contributed by atoms with Crippen LogP contribution in [0.1, 0.15) is 23.6 Å². The monoisotopic (exact) mass is 362 g/mol. The number of nitrogens with zero attached hydrogens (tertiary/aromatic N) is 2. The highest BCUT2D eigenvalue weighted by Crippen LogP contribution is 2.24. The highest BCUT2D eigenvalue weighted by atomic mass is 127. The molecule has 1 unspecified atom stereocenters. The van der Waals surface area contributed by atoms with Crippen molar-refractivity contribution in [2.45, 2.75) is 18.9 Å². The third-order valence-electron chi connectivity index (χ3n) is 2.67. The lowest BCUT2D eigenvalue weighted by molar-refractivity contribution is 0.517. The van der Waals surface area contributed by atoms with Crippen molar-refractivity contribution in [3.8, 4) is 0 Å². The van der Waals surface area contributed by atoms with Gasteiger partial charge in [0.1, 0.15) is 0 Å². The molecule has 0 radical (unpaired) electrons. The molecule has 4 nitrogen and oxygen atoms in total. The Hall–Kier alpha value is -0.440. The minimum atomic E-state index is 0.218. The van der Waals surface area contributed by atoms with Crippen molar-refractivity contribution in [3.63, 3.8) is 0 Å². The van der Waals surface area contributed by atoms with E-state index < -0.39 is 0 Å². The van der Waals surface area contributed by atoms with E-state index in [1.807, 2.05) is 24.1 Å². The van der Waals surface area contributed by atoms with Crippen molar-refractivity contribution >= 4 is 33.9 Å². The third kappa shape index (κ3) is 3.51. The van der Waals surface area contributed by atoms with Gasteiger partial charge in [0, 0.05) is 19.3 Å². The van der Waals surface area contributed by atoms with Gasteiger partial charge < -0.3 is 0 Å². The Morgan fingerprint density at radius 2 is 2.47 bits per heavy atom. The standard InChI is InChI=1S/C11H15IN4S/c1-16-6-8(5-14-16)2-3-10(15-13)9-4-11(12)17-7-9/h4-7,10,15H,2-3,13H2,1H3. The van der Waals surface area contributed by atoms with E-state index >= 15 is 0 Å². The molecule has 2 aromatic rings. The summed E-state index contributed by atoms with van der Waals surface area (Å²) in [5.74, 6) is 5.61. The average Bonchev–Trinajstić information content (AvgIpc) is 2.89. The highest BCUT2D eigenvalue weighted by Gasteiger charge is 2.11. The van der Waals surface area contributed by atoms with Crippen LogP contribution in [-0.4, -0.2) is 9.78 Å². The molecule has 92 valence electrons. The van der Waals surface area contributed by atoms with Crippen LogP contribution in [-0.2, 0) is 13.5 Å². The Balaban J connectivity index is 1.96. The van der Waals surface area contributed by atoms with Gasteiger partial charge in [-0.2, -0.15) is 5.10 Å². The zero-order valence-electron chi connectivity index (χ0n) is 9.56. The van der Waals surface area contributed by atoms with Gasteiger partial charge in [0.15, 0.2) is 0 Å². The second-order valence-electron chi connectivity index (χ2n) is 3.96. The number of hydrazine groups is 1. The van der Waals surface area contributed by atoms with Crippen molar-refractivity contribution in [2.75, 3.05) is 0 Å². The molecule has 2 heterocycles. The Labute approximate surface area is 118 Å². The molecule has 3 N–H and O–H groups in total. The van der Waals surface area contributed by atoms with E-state index in [0.717, 1.165) is 12.8 Å². The minimum absolute atomic E-state index is 0.218. The quantitative estimate of drug-likeness (QED) is 0.487. The molecule has 6 heteroatoms. The zero-order valence-corrected chi connectivity index (χ0v) is 12.5. The molecule has 0 aliphatic carbocycles. The summed E-state index contributed by atoms with van der Waals surface area (Å²) in [7, 11) is 1.93. The fraction of sp³-hybridized carbons (Fsp3) is 0.364. The number of aromatic nitrogens is 2. The predicted molar refractivity (Wildman–Crippen MR) is 78.6 cm³/mol. The van der Waals surface area contributed by atoms with Crippen molar-refractivity contribution in [3.05, 3.63) is 37.9 Å². The van der Waals surface area contributed by atoms with E-state index in [1.165, 1.54) is 14.0 Å². The first-order valence-corrected chi connectivity index (χ1v) is 7.32. The van der Waals surface area contributed by atoms with Crippen molar-refractivity contribution in [2.24, 2.45) is 12.9 Å². The summed E-state index contributed by atoms with van der Waals surface area (Å²) in [6.07, 6.45) is 5.92. The number of thiophene rings is 1. The van der Waals surface area contributed by atoms with E-state index in [1.54, 1.807) is 11.3 Å². The van der Waals surface area contributed by atoms with E-state index in [4.69, 9.17) is 5.84 Å². The van der Waals surface area contributed by atoms with Gasteiger partial charge in [0.2, 0.25) is 0 Å². The number of hydrogen-bond acceptors (Lipinski definition) is 4. The van der Waals surface area contributed by atoms with Crippen LogP contribution < -0.4 is 11.3 Å². The molecule has 0 amide bonds. The summed E-state index contributed by atoms with van der Waals surface area (Å²) in [5.41, 5.74) is 5.40. The third-order valence-corrected chi connectivity index (χ3v) is 4.48.